The number of aliphatic imine (C=N–C) groups is 3. The highest BCUT2D eigenvalue weighted by atomic mass is 19.4. The van der Waals surface area contributed by atoms with Gasteiger partial charge in [-0.25, -0.2) is 0 Å². The summed E-state index contributed by atoms with van der Waals surface area (Å²) in [4.78, 5) is 6.99. The average Bonchev–Trinajstić information content (AvgIpc) is 2.83. The van der Waals surface area contributed by atoms with Crippen LogP contribution in [0.15, 0.2) is 33.2 Å². The lowest BCUT2D eigenvalue weighted by Crippen LogP contribution is -2.58. The van der Waals surface area contributed by atoms with Crippen LogP contribution >= 0.6 is 0 Å². The summed E-state index contributed by atoms with van der Waals surface area (Å²) in [6, 6.07) is -1.80. The average molecular weight is 705 g/mol. The number of hydrogen-bond acceptors (Lipinski definition) is 3. The van der Waals surface area contributed by atoms with E-state index in [1.807, 2.05) is 0 Å². The van der Waals surface area contributed by atoms with Crippen molar-refractivity contribution in [3.05, 3.63) is 34.9 Å². The number of nitrogens with zero attached hydrogens (tertiary/aromatic N) is 3. The quantitative estimate of drug-likeness (QED) is 0.183. The first-order valence-electron chi connectivity index (χ1n) is 10.7. The predicted octanol–water partition coefficient (Wildman–Crippen LogP) is 8.44. The van der Waals surface area contributed by atoms with Crippen LogP contribution < -0.4 is 0 Å². The van der Waals surface area contributed by atoms with E-state index in [0.717, 1.165) is 0 Å². The molecule has 24 heteroatoms. The van der Waals surface area contributed by atoms with Crippen LogP contribution in [0.2, 0.25) is 0 Å². The Kier molecular flexibility index (Phi) is 10.2. The van der Waals surface area contributed by atoms with Crippen molar-refractivity contribution in [1.82, 2.24) is 0 Å². The molecule has 1 rings (SSSR count). The van der Waals surface area contributed by atoms with E-state index in [0.29, 0.717) is 0 Å². The summed E-state index contributed by atoms with van der Waals surface area (Å²) in [5, 5.41) is 0. The van der Waals surface area contributed by atoms with Crippen LogP contribution in [0.4, 0.5) is 92.2 Å². The van der Waals surface area contributed by atoms with Gasteiger partial charge in [0.1, 0.15) is 17.1 Å². The monoisotopic (exact) mass is 705 g/mol. The van der Waals surface area contributed by atoms with Gasteiger partial charge in [0.15, 0.2) is 0 Å². The molecule has 0 saturated heterocycles. The highest BCUT2D eigenvalue weighted by Gasteiger charge is 2.77. The second kappa shape index (κ2) is 11.5. The zero-order valence-corrected chi connectivity index (χ0v) is 21.5. The molecule has 0 radical (unpaired) electrons. The van der Waals surface area contributed by atoms with Gasteiger partial charge in [-0.15, -0.1) is 0 Å². The molecule has 0 aromatic heterocycles. The summed E-state index contributed by atoms with van der Waals surface area (Å²) in [5.41, 5.74) is -16.2. The topological polar surface area (TPSA) is 37.1 Å². The van der Waals surface area contributed by atoms with Crippen LogP contribution in [0.3, 0.4) is 0 Å². The summed E-state index contributed by atoms with van der Waals surface area (Å²) in [6.07, 6.45) is -21.7. The normalized spacial score (nSPS) is 16.4. The van der Waals surface area contributed by atoms with Gasteiger partial charge in [-0.3, -0.25) is 15.0 Å². The van der Waals surface area contributed by atoms with Gasteiger partial charge < -0.3 is 0 Å². The Labute approximate surface area is 235 Å². The van der Waals surface area contributed by atoms with Gasteiger partial charge in [0.05, 0.1) is 0 Å². The molecule has 0 aliphatic rings. The maximum absolute atomic E-state index is 14.7. The van der Waals surface area contributed by atoms with Crippen molar-refractivity contribution in [1.29, 1.82) is 0 Å². The third kappa shape index (κ3) is 6.15. The van der Waals surface area contributed by atoms with Gasteiger partial charge in [0, 0.05) is 37.8 Å². The minimum atomic E-state index is -7.33. The molecule has 1 aromatic rings. The predicted molar refractivity (Wildman–Crippen MR) is 112 cm³/mol. The van der Waals surface area contributed by atoms with Crippen molar-refractivity contribution >= 4 is 17.1 Å². The number of hydrogen-bond donors (Lipinski definition) is 0. The second-order valence-corrected chi connectivity index (χ2v) is 8.42. The molecule has 0 N–H and O–H groups in total. The van der Waals surface area contributed by atoms with Crippen molar-refractivity contribution in [3.63, 3.8) is 0 Å². The molecule has 0 atom stereocenters. The summed E-state index contributed by atoms with van der Waals surface area (Å²) in [7, 11) is -0.199. The van der Waals surface area contributed by atoms with E-state index < -0.39 is 106 Å². The van der Waals surface area contributed by atoms with E-state index in [1.165, 1.54) is 0 Å². The third-order valence-corrected chi connectivity index (χ3v) is 5.62. The highest BCUT2D eigenvalue weighted by Crippen LogP contribution is 2.52. The lowest BCUT2D eigenvalue weighted by Gasteiger charge is -2.33. The van der Waals surface area contributed by atoms with Gasteiger partial charge in [0.2, 0.25) is 0 Å². The van der Waals surface area contributed by atoms with E-state index in [9.17, 15) is 92.2 Å². The SMILES string of the molecule is C/N=C(/c1ccc(/C(=N/C)C(F)(F)C(F)(F)C(F)(F)F)c(/C(=N/C)C(F)(F)C(F)(F)C(F)(F)F)c1)C(F)(F)C(F)(F)C(F)(F)F. The second-order valence-electron chi connectivity index (χ2n) is 8.42. The first-order chi connectivity index (χ1) is 19.7. The van der Waals surface area contributed by atoms with Crippen LogP contribution in [0.1, 0.15) is 16.7 Å². The number of alkyl halides is 21. The Morgan fingerprint density at radius 3 is 0.933 bits per heavy atom. The smallest absolute Gasteiger partial charge is 0.286 e. The van der Waals surface area contributed by atoms with Crippen molar-refractivity contribution < 1.29 is 92.2 Å². The van der Waals surface area contributed by atoms with Gasteiger partial charge in [-0.2, -0.15) is 92.2 Å². The molecule has 0 bridgehead atoms. The summed E-state index contributed by atoms with van der Waals surface area (Å²) < 4.78 is 285. The van der Waals surface area contributed by atoms with E-state index in [2.05, 4.69) is 15.0 Å². The molecule has 0 aliphatic carbocycles. The molecule has 0 fully saturated rings. The van der Waals surface area contributed by atoms with Crippen LogP contribution in [-0.4, -0.2) is 92.3 Å². The summed E-state index contributed by atoms with van der Waals surface area (Å²) in [6.45, 7) is 0. The molecular weight excluding hydrogens is 693 g/mol. The minimum absolute atomic E-state index is 0.0154. The van der Waals surface area contributed by atoms with Gasteiger partial charge in [-0.1, -0.05) is 12.1 Å². The number of rotatable bonds is 9. The maximum Gasteiger partial charge on any atom is 0.460 e. The fraction of sp³-hybridized carbons (Fsp3) is 0.571. The van der Waals surface area contributed by atoms with Crippen LogP contribution in [0.25, 0.3) is 0 Å². The van der Waals surface area contributed by atoms with Crippen molar-refractivity contribution in [2.45, 2.75) is 54.1 Å². The molecule has 0 unspecified atom stereocenters. The Hall–Kier alpha value is -3.24. The molecular formula is C21H12F21N3. The Bertz CT molecular complexity index is 1340. The molecule has 0 saturated carbocycles. The molecule has 45 heavy (non-hydrogen) atoms. The molecule has 0 heterocycles. The molecule has 1 aromatic carbocycles. The fourth-order valence-corrected chi connectivity index (χ4v) is 3.38. The lowest BCUT2D eigenvalue weighted by atomic mass is 9.86. The van der Waals surface area contributed by atoms with Crippen LogP contribution in [-0.2, 0) is 0 Å². The Morgan fingerprint density at radius 1 is 0.400 bits per heavy atom. The van der Waals surface area contributed by atoms with Gasteiger partial charge in [-0.05, 0) is 6.07 Å². The number of halogens is 21. The van der Waals surface area contributed by atoms with Gasteiger partial charge >= 0.3 is 54.1 Å². The molecule has 0 spiro atoms. The molecule has 0 aliphatic heterocycles. The standard InChI is InChI=1S/C21H12F21N3/c1-43-10(13(22,23)16(28,29)19(34,35)36)7-4-5-8(11(44-2)14(24,25)17(30,31)20(37,38)39)9(6-7)12(45-3)15(26,27)18(32,33)21(40,41)42/h4-6H,1-3H3/b43-10-,44-11-,45-12-. The zero-order valence-electron chi connectivity index (χ0n) is 21.5. The molecule has 258 valence electrons. The van der Waals surface area contributed by atoms with Gasteiger partial charge in [0.25, 0.3) is 0 Å². The minimum Gasteiger partial charge on any atom is -0.286 e. The summed E-state index contributed by atoms with van der Waals surface area (Å²) >= 11 is 0. The Balaban J connectivity index is 4.44. The molecule has 3 nitrogen and oxygen atoms in total. The first-order valence-corrected chi connectivity index (χ1v) is 10.7. The Morgan fingerprint density at radius 2 is 0.667 bits per heavy atom. The lowest BCUT2D eigenvalue weighted by molar-refractivity contribution is -0.336. The maximum atomic E-state index is 14.7. The van der Waals surface area contributed by atoms with Crippen molar-refractivity contribution in [2.24, 2.45) is 15.0 Å². The van der Waals surface area contributed by atoms with Crippen molar-refractivity contribution in [3.8, 4) is 0 Å². The first kappa shape index (κ1) is 39.8. The number of benzene rings is 1. The summed E-state index contributed by atoms with van der Waals surface area (Å²) in [5.74, 6) is -41.9. The van der Waals surface area contributed by atoms with E-state index in [4.69, 9.17) is 0 Å². The largest absolute Gasteiger partial charge is 0.460 e. The van der Waals surface area contributed by atoms with E-state index >= 15 is 0 Å². The van der Waals surface area contributed by atoms with Crippen molar-refractivity contribution in [2.75, 3.05) is 21.1 Å². The molecule has 0 amide bonds. The van der Waals surface area contributed by atoms with Crippen LogP contribution in [0.5, 0.6) is 0 Å². The zero-order chi connectivity index (χ0) is 36.2. The van der Waals surface area contributed by atoms with Crippen LogP contribution in [0, 0.1) is 0 Å². The highest BCUT2D eigenvalue weighted by molar-refractivity contribution is 6.19. The van der Waals surface area contributed by atoms with E-state index in [1.54, 1.807) is 0 Å². The third-order valence-electron chi connectivity index (χ3n) is 5.62. The van der Waals surface area contributed by atoms with E-state index in [-0.39, 0.29) is 21.1 Å². The fourth-order valence-electron chi connectivity index (χ4n) is 3.38.